The summed E-state index contributed by atoms with van der Waals surface area (Å²) in [5.41, 5.74) is 4.90. The van der Waals surface area contributed by atoms with E-state index >= 15 is 0 Å². The fourth-order valence-corrected chi connectivity index (χ4v) is 5.54. The molecule has 5 rings (SSSR count). The van der Waals surface area contributed by atoms with E-state index in [4.69, 9.17) is 4.74 Å². The van der Waals surface area contributed by atoms with Gasteiger partial charge in [-0.3, -0.25) is 9.69 Å². The number of hydrogen-bond donors (Lipinski definition) is 1. The van der Waals surface area contributed by atoms with Crippen LogP contribution in [0.5, 0.6) is 0 Å². The first-order chi connectivity index (χ1) is 14.6. The van der Waals surface area contributed by atoms with E-state index in [1.807, 2.05) is 12.1 Å². The number of carbonyl (C=O) groups excluding carboxylic acids is 1. The quantitative estimate of drug-likeness (QED) is 0.834. The number of rotatable bonds is 3. The summed E-state index contributed by atoms with van der Waals surface area (Å²) in [6.45, 7) is 6.66. The first kappa shape index (κ1) is 19.6. The minimum Gasteiger partial charge on any atom is -0.369 e. The smallest absolute Gasteiger partial charge is 0.221 e. The van der Waals surface area contributed by atoms with Crippen molar-refractivity contribution in [3.05, 3.63) is 59.7 Å². The number of ether oxygens (including phenoxy) is 1. The molecule has 2 aromatic carbocycles. The lowest BCUT2D eigenvalue weighted by molar-refractivity contribution is -0.114. The first-order valence-electron chi connectivity index (χ1n) is 11.2. The molecule has 2 fully saturated rings. The van der Waals surface area contributed by atoms with Crippen molar-refractivity contribution in [1.29, 1.82) is 0 Å². The third-order valence-corrected chi connectivity index (χ3v) is 7.16. The molecule has 158 valence electrons. The van der Waals surface area contributed by atoms with Crippen molar-refractivity contribution < 1.29 is 9.53 Å². The lowest BCUT2D eigenvalue weighted by atomic mass is 9.77. The molecule has 2 heterocycles. The summed E-state index contributed by atoms with van der Waals surface area (Å²) in [4.78, 5) is 16.3. The largest absolute Gasteiger partial charge is 0.369 e. The molecular formula is C25H31N3O2. The second kappa shape index (κ2) is 8.05. The maximum Gasteiger partial charge on any atom is 0.221 e. The van der Waals surface area contributed by atoms with E-state index in [2.05, 4.69) is 51.5 Å². The predicted molar refractivity (Wildman–Crippen MR) is 120 cm³/mol. The van der Waals surface area contributed by atoms with Crippen LogP contribution in [0.25, 0.3) is 0 Å². The van der Waals surface area contributed by atoms with Crippen molar-refractivity contribution in [3.63, 3.8) is 0 Å². The second-order valence-electron chi connectivity index (χ2n) is 8.92. The molecule has 2 aromatic rings. The average molecular weight is 406 g/mol. The summed E-state index contributed by atoms with van der Waals surface area (Å²) in [6, 6.07) is 17.7. The van der Waals surface area contributed by atoms with Crippen LogP contribution < -0.4 is 10.2 Å². The van der Waals surface area contributed by atoms with Crippen molar-refractivity contribution in [2.45, 2.75) is 50.9 Å². The van der Waals surface area contributed by atoms with Crippen LogP contribution in [0.15, 0.2) is 48.5 Å². The highest BCUT2D eigenvalue weighted by atomic mass is 16.5. The van der Waals surface area contributed by atoms with Crippen LogP contribution in [0.4, 0.5) is 11.4 Å². The van der Waals surface area contributed by atoms with E-state index < -0.39 is 0 Å². The Morgan fingerprint density at radius 2 is 1.70 bits per heavy atom. The van der Waals surface area contributed by atoms with E-state index in [1.54, 1.807) is 0 Å². The zero-order valence-corrected chi connectivity index (χ0v) is 17.8. The normalized spacial score (nSPS) is 26.6. The Morgan fingerprint density at radius 1 is 1.00 bits per heavy atom. The molecule has 0 unspecified atom stereocenters. The molecule has 1 saturated carbocycles. The summed E-state index contributed by atoms with van der Waals surface area (Å²) < 4.78 is 6.34. The second-order valence-corrected chi connectivity index (χ2v) is 8.92. The van der Waals surface area contributed by atoms with Crippen LogP contribution in [0.3, 0.4) is 0 Å². The standard InChI is InChI=1S/C25H31N3O2/c1-19(29)26-21-6-8-22(9-7-21)27-14-16-28(17-15-27)23-10-12-25(13-11-23)24-5-3-2-4-20(24)18-30-25/h2-9,23H,10-18H2,1H3,(H,26,29). The number of nitrogens with one attached hydrogen (secondary N) is 1. The number of piperazine rings is 1. The first-order valence-corrected chi connectivity index (χ1v) is 11.2. The van der Waals surface area contributed by atoms with Crippen molar-refractivity contribution in [3.8, 4) is 0 Å². The highest BCUT2D eigenvalue weighted by molar-refractivity contribution is 5.88. The molecular weight excluding hydrogens is 374 g/mol. The fourth-order valence-electron chi connectivity index (χ4n) is 5.54. The van der Waals surface area contributed by atoms with Gasteiger partial charge in [0.25, 0.3) is 0 Å². The molecule has 0 aromatic heterocycles. The van der Waals surface area contributed by atoms with Gasteiger partial charge < -0.3 is 15.0 Å². The topological polar surface area (TPSA) is 44.8 Å². The van der Waals surface area contributed by atoms with Gasteiger partial charge in [0, 0.05) is 50.5 Å². The van der Waals surface area contributed by atoms with Crippen molar-refractivity contribution >= 4 is 17.3 Å². The molecule has 0 bridgehead atoms. The Balaban J connectivity index is 1.15. The lowest BCUT2D eigenvalue weighted by Crippen LogP contribution is -2.52. The summed E-state index contributed by atoms with van der Waals surface area (Å²) in [5, 5.41) is 2.84. The van der Waals surface area contributed by atoms with Gasteiger partial charge in [-0.25, -0.2) is 0 Å². The zero-order valence-electron chi connectivity index (χ0n) is 17.8. The van der Waals surface area contributed by atoms with E-state index in [1.165, 1.54) is 36.6 Å². The van der Waals surface area contributed by atoms with Crippen molar-refractivity contribution in [2.24, 2.45) is 0 Å². The summed E-state index contributed by atoms with van der Waals surface area (Å²) >= 11 is 0. The van der Waals surface area contributed by atoms with E-state index in [-0.39, 0.29) is 11.5 Å². The Morgan fingerprint density at radius 3 is 2.40 bits per heavy atom. The van der Waals surface area contributed by atoms with Gasteiger partial charge in [0.1, 0.15) is 0 Å². The Labute approximate surface area is 179 Å². The van der Waals surface area contributed by atoms with Crippen LogP contribution in [-0.4, -0.2) is 43.0 Å². The third-order valence-electron chi connectivity index (χ3n) is 7.16. The van der Waals surface area contributed by atoms with E-state index in [0.29, 0.717) is 6.04 Å². The minimum absolute atomic E-state index is 0.0232. The summed E-state index contributed by atoms with van der Waals surface area (Å²) in [7, 11) is 0. The number of benzene rings is 2. The van der Waals surface area contributed by atoms with E-state index in [9.17, 15) is 4.79 Å². The number of hydrogen-bond acceptors (Lipinski definition) is 4. The molecule has 1 amide bonds. The molecule has 5 nitrogen and oxygen atoms in total. The van der Waals surface area contributed by atoms with Crippen molar-refractivity contribution in [1.82, 2.24) is 4.90 Å². The third kappa shape index (κ3) is 3.72. The molecule has 1 spiro atoms. The van der Waals surface area contributed by atoms with Gasteiger partial charge >= 0.3 is 0 Å². The van der Waals surface area contributed by atoms with Crippen LogP contribution in [0.1, 0.15) is 43.7 Å². The molecule has 3 aliphatic rings. The van der Waals surface area contributed by atoms with E-state index in [0.717, 1.165) is 51.3 Å². The van der Waals surface area contributed by atoms with Gasteiger partial charge in [-0.1, -0.05) is 24.3 Å². The number of fused-ring (bicyclic) bond motifs is 2. The molecule has 1 aliphatic carbocycles. The summed E-state index contributed by atoms with van der Waals surface area (Å²) in [6.07, 6.45) is 4.72. The van der Waals surface area contributed by atoms with Crippen LogP contribution in [0.2, 0.25) is 0 Å². The molecule has 1 N–H and O–H groups in total. The monoisotopic (exact) mass is 405 g/mol. The van der Waals surface area contributed by atoms with Crippen molar-refractivity contribution in [2.75, 3.05) is 36.4 Å². The number of carbonyl (C=O) groups is 1. The Hall–Kier alpha value is -2.37. The molecule has 30 heavy (non-hydrogen) atoms. The SMILES string of the molecule is CC(=O)Nc1ccc(N2CCN(C3CCC4(CC3)OCc3ccccc34)CC2)cc1. The number of amides is 1. The number of nitrogens with zero attached hydrogens (tertiary/aromatic N) is 2. The fraction of sp³-hybridized carbons (Fsp3) is 0.480. The molecule has 0 radical (unpaired) electrons. The minimum atomic E-state index is -0.0304. The van der Waals surface area contributed by atoms with Gasteiger partial charge in [-0.2, -0.15) is 0 Å². The molecule has 5 heteroatoms. The molecule has 1 saturated heterocycles. The molecule has 2 aliphatic heterocycles. The zero-order chi connectivity index (χ0) is 20.6. The number of anilines is 2. The predicted octanol–water partition coefficient (Wildman–Crippen LogP) is 4.14. The Kier molecular flexibility index (Phi) is 5.25. The molecule has 0 atom stereocenters. The van der Waals surface area contributed by atoms with Gasteiger partial charge in [0.05, 0.1) is 12.2 Å². The average Bonchev–Trinajstić information content (AvgIpc) is 3.13. The lowest BCUT2D eigenvalue weighted by Gasteiger charge is -2.45. The maximum atomic E-state index is 11.2. The van der Waals surface area contributed by atoms with Crippen LogP contribution in [0, 0.1) is 0 Å². The van der Waals surface area contributed by atoms with Gasteiger partial charge in [-0.05, 0) is 61.1 Å². The van der Waals surface area contributed by atoms with Crippen LogP contribution in [-0.2, 0) is 21.7 Å². The van der Waals surface area contributed by atoms with Gasteiger partial charge in [-0.15, -0.1) is 0 Å². The highest BCUT2D eigenvalue weighted by Gasteiger charge is 2.43. The summed E-state index contributed by atoms with van der Waals surface area (Å²) in [5.74, 6) is -0.0304. The Bertz CT molecular complexity index is 895. The van der Waals surface area contributed by atoms with Gasteiger partial charge in [0.15, 0.2) is 0 Å². The maximum absolute atomic E-state index is 11.2. The van der Waals surface area contributed by atoms with Gasteiger partial charge in [0.2, 0.25) is 5.91 Å². The highest BCUT2D eigenvalue weighted by Crippen LogP contribution is 2.47. The van der Waals surface area contributed by atoms with Crippen LogP contribution >= 0.6 is 0 Å².